The van der Waals surface area contributed by atoms with Gasteiger partial charge in [0.1, 0.15) is 0 Å². The van der Waals surface area contributed by atoms with Crippen LogP contribution >= 0.6 is 0 Å². The molecule has 0 rings (SSSR count). The van der Waals surface area contributed by atoms with Gasteiger partial charge in [-0.15, -0.1) is 0 Å². The highest BCUT2D eigenvalue weighted by Gasteiger charge is 2.36. The molecule has 0 aliphatic rings. The lowest BCUT2D eigenvalue weighted by Gasteiger charge is -2.39. The zero-order valence-corrected chi connectivity index (χ0v) is 12.1. The topological polar surface area (TPSA) is 20.3 Å². The van der Waals surface area contributed by atoms with Gasteiger partial charge in [-0.25, -0.2) is 0 Å². The molecule has 0 bridgehead atoms. The van der Waals surface area contributed by atoms with E-state index in [9.17, 15) is 4.79 Å². The van der Waals surface area contributed by atoms with Crippen molar-refractivity contribution in [1.82, 2.24) is 4.57 Å². The minimum Gasteiger partial charge on any atom is -0.372 e. The fourth-order valence-corrected chi connectivity index (χ4v) is 7.82. The fraction of sp³-hybridized carbons (Fsp3) is 0.917. The number of hydrogen-bond acceptors (Lipinski definition) is 1. The van der Waals surface area contributed by atoms with E-state index in [1.807, 2.05) is 7.05 Å². The summed E-state index contributed by atoms with van der Waals surface area (Å²) in [5.41, 5.74) is 0. The maximum atomic E-state index is 11.6. The van der Waals surface area contributed by atoms with Crippen LogP contribution in [0.3, 0.4) is 0 Å². The van der Waals surface area contributed by atoms with Crippen molar-refractivity contribution in [3.63, 3.8) is 0 Å². The predicted molar refractivity (Wildman–Crippen MR) is 69.5 cm³/mol. The molecule has 0 N–H and O–H groups in total. The molecule has 15 heavy (non-hydrogen) atoms. The molecule has 0 aromatic carbocycles. The van der Waals surface area contributed by atoms with Crippen LogP contribution in [-0.4, -0.2) is 25.8 Å². The van der Waals surface area contributed by atoms with Crippen LogP contribution in [0, 0.1) is 0 Å². The van der Waals surface area contributed by atoms with Gasteiger partial charge in [-0.05, 0) is 18.1 Å². The zero-order valence-electron chi connectivity index (χ0n) is 11.1. The Kier molecular flexibility index (Phi) is 6.90. The summed E-state index contributed by atoms with van der Waals surface area (Å²) in [6.07, 6.45) is 3.64. The number of hydrogen-bond donors (Lipinski definition) is 0. The van der Waals surface area contributed by atoms with Crippen molar-refractivity contribution < 1.29 is 4.79 Å². The molecule has 0 fully saturated rings. The minimum absolute atomic E-state index is 0.261. The highest BCUT2D eigenvalue weighted by molar-refractivity contribution is 6.79. The molecule has 0 spiro atoms. The molecule has 1 amide bonds. The van der Waals surface area contributed by atoms with Crippen LogP contribution in [0.2, 0.25) is 18.1 Å². The molecule has 0 unspecified atom stereocenters. The molecule has 0 aliphatic heterocycles. The van der Waals surface area contributed by atoms with Gasteiger partial charge in [0, 0.05) is 14.0 Å². The van der Waals surface area contributed by atoms with Crippen molar-refractivity contribution in [2.45, 2.75) is 65.1 Å². The molecule has 0 radical (unpaired) electrons. The van der Waals surface area contributed by atoms with E-state index in [-0.39, 0.29) is 5.91 Å². The van der Waals surface area contributed by atoms with E-state index in [2.05, 4.69) is 25.3 Å². The fourth-order valence-electron chi connectivity index (χ4n) is 2.61. The van der Waals surface area contributed by atoms with Gasteiger partial charge in [-0.2, -0.15) is 0 Å². The molecule has 90 valence electrons. The lowest BCUT2D eigenvalue weighted by atomic mass is 10.5. The molecule has 3 heteroatoms. The first-order chi connectivity index (χ1) is 7.04. The number of amides is 1. The summed E-state index contributed by atoms with van der Waals surface area (Å²) >= 11 is 0. The monoisotopic (exact) mass is 229 g/mol. The van der Waals surface area contributed by atoms with Gasteiger partial charge in [0.05, 0.1) is 0 Å². The molecule has 2 nitrogen and oxygen atoms in total. The van der Waals surface area contributed by atoms with Crippen molar-refractivity contribution in [2.24, 2.45) is 0 Å². The zero-order chi connectivity index (χ0) is 11.9. The lowest BCUT2D eigenvalue weighted by Crippen LogP contribution is -2.53. The smallest absolute Gasteiger partial charge is 0.211 e. The summed E-state index contributed by atoms with van der Waals surface area (Å²) < 4.78 is 2.11. The largest absolute Gasteiger partial charge is 0.372 e. The molecule has 0 atom stereocenters. The second-order valence-electron chi connectivity index (χ2n) is 4.55. The third kappa shape index (κ3) is 3.97. The standard InChI is InChI=1S/C12H27NOSi/c1-6-9-15(10-7-2,11-8-3)13(5)12(4)14/h6-11H2,1-5H3. The van der Waals surface area contributed by atoms with Crippen molar-refractivity contribution in [3.05, 3.63) is 0 Å². The highest BCUT2D eigenvalue weighted by atomic mass is 28.3. The van der Waals surface area contributed by atoms with Crippen molar-refractivity contribution >= 4 is 14.1 Å². The van der Waals surface area contributed by atoms with Gasteiger partial charge in [-0.3, -0.25) is 4.79 Å². The highest BCUT2D eigenvalue weighted by Crippen LogP contribution is 2.28. The van der Waals surface area contributed by atoms with Gasteiger partial charge < -0.3 is 4.57 Å². The summed E-state index contributed by atoms with van der Waals surface area (Å²) in [5, 5.41) is 0. The Balaban J connectivity index is 4.81. The van der Waals surface area contributed by atoms with Crippen LogP contribution in [0.15, 0.2) is 0 Å². The second kappa shape index (κ2) is 7.04. The summed E-state index contributed by atoms with van der Waals surface area (Å²) in [4.78, 5) is 11.6. The molecular weight excluding hydrogens is 202 g/mol. The van der Waals surface area contributed by atoms with Crippen LogP contribution in [0.25, 0.3) is 0 Å². The minimum atomic E-state index is -1.48. The quantitative estimate of drug-likeness (QED) is 0.610. The Labute approximate surface area is 96.1 Å². The van der Waals surface area contributed by atoms with Gasteiger partial charge in [0.2, 0.25) is 5.91 Å². The summed E-state index contributed by atoms with van der Waals surface area (Å²) in [6.45, 7) is 8.42. The average molecular weight is 229 g/mol. The average Bonchev–Trinajstić information content (AvgIpc) is 2.17. The molecule has 0 saturated heterocycles. The van der Waals surface area contributed by atoms with Crippen LogP contribution in [0.1, 0.15) is 47.0 Å². The van der Waals surface area contributed by atoms with Crippen molar-refractivity contribution in [3.8, 4) is 0 Å². The number of carbonyl (C=O) groups excluding carboxylic acids is 1. The third-order valence-corrected chi connectivity index (χ3v) is 9.36. The van der Waals surface area contributed by atoms with E-state index in [1.165, 1.54) is 37.4 Å². The van der Waals surface area contributed by atoms with Gasteiger partial charge in [0.15, 0.2) is 8.24 Å². The molecule has 0 aromatic rings. The first-order valence-corrected chi connectivity index (χ1v) is 8.85. The number of nitrogens with zero attached hydrogens (tertiary/aromatic N) is 1. The van der Waals surface area contributed by atoms with Gasteiger partial charge >= 0.3 is 0 Å². The van der Waals surface area contributed by atoms with Crippen LogP contribution < -0.4 is 0 Å². The Morgan fingerprint density at radius 2 is 1.33 bits per heavy atom. The summed E-state index contributed by atoms with van der Waals surface area (Å²) in [6, 6.07) is 3.81. The van der Waals surface area contributed by atoms with Gasteiger partial charge in [0.25, 0.3) is 0 Å². The molecule has 0 heterocycles. The maximum absolute atomic E-state index is 11.6. The molecule has 0 saturated carbocycles. The van der Waals surface area contributed by atoms with Gasteiger partial charge in [-0.1, -0.05) is 40.0 Å². The van der Waals surface area contributed by atoms with E-state index in [0.717, 1.165) is 0 Å². The number of carbonyl (C=O) groups is 1. The Hall–Kier alpha value is -0.313. The Bertz CT molecular complexity index is 177. The van der Waals surface area contributed by atoms with E-state index in [4.69, 9.17) is 0 Å². The number of rotatable bonds is 7. The van der Waals surface area contributed by atoms with E-state index >= 15 is 0 Å². The van der Waals surface area contributed by atoms with Crippen LogP contribution in [0.4, 0.5) is 0 Å². The Morgan fingerprint density at radius 1 is 1.00 bits per heavy atom. The van der Waals surface area contributed by atoms with E-state index in [0.29, 0.717) is 0 Å². The lowest BCUT2D eigenvalue weighted by molar-refractivity contribution is -0.124. The first-order valence-electron chi connectivity index (χ1n) is 6.28. The van der Waals surface area contributed by atoms with E-state index in [1.54, 1.807) is 6.92 Å². The maximum Gasteiger partial charge on any atom is 0.211 e. The van der Waals surface area contributed by atoms with E-state index < -0.39 is 8.24 Å². The molecular formula is C12H27NOSi. The van der Waals surface area contributed by atoms with Crippen LogP contribution in [0.5, 0.6) is 0 Å². The van der Waals surface area contributed by atoms with Crippen molar-refractivity contribution in [1.29, 1.82) is 0 Å². The van der Waals surface area contributed by atoms with Crippen molar-refractivity contribution in [2.75, 3.05) is 7.05 Å². The third-order valence-electron chi connectivity index (χ3n) is 3.33. The summed E-state index contributed by atoms with van der Waals surface area (Å²) in [5.74, 6) is 0.261. The molecule has 0 aromatic heterocycles. The predicted octanol–water partition coefficient (Wildman–Crippen LogP) is 3.64. The SMILES string of the molecule is CCC[Si](CCC)(CCC)N(C)C(C)=O. The normalized spacial score (nSPS) is 11.5. The van der Waals surface area contributed by atoms with Crippen LogP contribution in [-0.2, 0) is 4.79 Å². The summed E-state index contributed by atoms with van der Waals surface area (Å²) in [7, 11) is 0.545. The second-order valence-corrected chi connectivity index (χ2v) is 9.17. The first kappa shape index (κ1) is 14.7. The molecule has 0 aliphatic carbocycles. The Morgan fingerprint density at radius 3 is 1.53 bits per heavy atom.